The highest BCUT2D eigenvalue weighted by Crippen LogP contribution is 2.16. The number of hydrogen-bond acceptors (Lipinski definition) is 3. The van der Waals surface area contributed by atoms with Crippen LogP contribution in [0.4, 0.5) is 0 Å². The van der Waals surface area contributed by atoms with Gasteiger partial charge in [-0.2, -0.15) is 0 Å². The van der Waals surface area contributed by atoms with Crippen molar-refractivity contribution in [2.24, 2.45) is 5.92 Å². The van der Waals surface area contributed by atoms with E-state index in [1.54, 1.807) is 12.3 Å². The smallest absolute Gasteiger partial charge is 0.251 e. The van der Waals surface area contributed by atoms with Crippen LogP contribution < -0.4 is 10.9 Å². The Morgan fingerprint density at radius 1 is 1.36 bits per heavy atom. The maximum atomic E-state index is 12.3. The van der Waals surface area contributed by atoms with Crippen LogP contribution in [0.15, 0.2) is 27.6 Å². The van der Waals surface area contributed by atoms with Gasteiger partial charge in [0.25, 0.3) is 5.56 Å². The van der Waals surface area contributed by atoms with Crippen LogP contribution in [0.5, 0.6) is 0 Å². The van der Waals surface area contributed by atoms with Crippen LogP contribution in [-0.2, 0) is 11.3 Å². The molecule has 1 fully saturated rings. The number of nitrogens with zero attached hydrogens (tertiary/aromatic N) is 2. The fourth-order valence-electron chi connectivity index (χ4n) is 2.61. The van der Waals surface area contributed by atoms with Gasteiger partial charge in [-0.25, -0.2) is 0 Å². The lowest BCUT2D eigenvalue weighted by Crippen LogP contribution is -2.43. The summed E-state index contributed by atoms with van der Waals surface area (Å²) < 4.78 is 2.26. The zero-order valence-electron chi connectivity index (χ0n) is 12.8. The van der Waals surface area contributed by atoms with Crippen molar-refractivity contribution >= 4 is 34.2 Å². The Balaban J connectivity index is 0.00000242. The van der Waals surface area contributed by atoms with Gasteiger partial charge in [0.05, 0.1) is 0 Å². The maximum absolute atomic E-state index is 12.3. The Kier molecular flexibility index (Phi) is 8.14. The average molecular weight is 393 g/mol. The largest absolute Gasteiger partial charge is 0.341 e. The van der Waals surface area contributed by atoms with Gasteiger partial charge in [-0.05, 0) is 53.8 Å². The highest BCUT2D eigenvalue weighted by molar-refractivity contribution is 9.10. The van der Waals surface area contributed by atoms with Crippen molar-refractivity contribution in [3.63, 3.8) is 0 Å². The lowest BCUT2D eigenvalue weighted by molar-refractivity contribution is -0.133. The van der Waals surface area contributed by atoms with E-state index in [0.717, 1.165) is 43.5 Å². The Morgan fingerprint density at radius 3 is 2.68 bits per heavy atom. The molecule has 5 nitrogen and oxygen atoms in total. The standard InChI is InChI=1S/C15H22BrN3O2.ClH/c1-2-17-9-12-5-7-18(8-6-12)15(21)11-19-10-13(16)3-4-14(19)20;/h3-4,10,12,17H,2,5-9,11H2,1H3;1H. The van der Waals surface area contributed by atoms with Crippen molar-refractivity contribution in [2.75, 3.05) is 26.2 Å². The quantitative estimate of drug-likeness (QED) is 0.832. The van der Waals surface area contributed by atoms with Crippen LogP contribution in [0, 0.1) is 5.92 Å². The van der Waals surface area contributed by atoms with Gasteiger partial charge in [-0.1, -0.05) is 6.92 Å². The number of rotatable bonds is 5. The van der Waals surface area contributed by atoms with Crippen LogP contribution >= 0.6 is 28.3 Å². The van der Waals surface area contributed by atoms with Crippen molar-refractivity contribution in [2.45, 2.75) is 26.3 Å². The molecule has 0 radical (unpaired) electrons. The highest BCUT2D eigenvalue weighted by Gasteiger charge is 2.22. The second kappa shape index (κ2) is 9.33. The number of likely N-dealkylation sites (tertiary alicyclic amines) is 1. The molecule has 0 aromatic carbocycles. The van der Waals surface area contributed by atoms with Gasteiger partial charge in [0.15, 0.2) is 0 Å². The van der Waals surface area contributed by atoms with E-state index < -0.39 is 0 Å². The summed E-state index contributed by atoms with van der Waals surface area (Å²) in [4.78, 5) is 25.9. The predicted octanol–water partition coefficient (Wildman–Crippen LogP) is 1.88. The molecule has 1 aromatic rings. The third-order valence-electron chi connectivity index (χ3n) is 3.90. The first-order chi connectivity index (χ1) is 10.1. The molecule has 0 atom stereocenters. The molecular formula is C15H23BrClN3O2. The number of piperidine rings is 1. The van der Waals surface area contributed by atoms with Crippen molar-refractivity contribution in [1.29, 1.82) is 0 Å². The monoisotopic (exact) mass is 391 g/mol. The molecule has 2 rings (SSSR count). The first-order valence-electron chi connectivity index (χ1n) is 7.44. The van der Waals surface area contributed by atoms with E-state index in [-0.39, 0.29) is 30.4 Å². The van der Waals surface area contributed by atoms with Gasteiger partial charge in [0.2, 0.25) is 5.91 Å². The van der Waals surface area contributed by atoms with E-state index in [1.807, 2.05) is 4.90 Å². The lowest BCUT2D eigenvalue weighted by Gasteiger charge is -2.32. The zero-order chi connectivity index (χ0) is 15.2. The second-order valence-corrected chi connectivity index (χ2v) is 6.36. The summed E-state index contributed by atoms with van der Waals surface area (Å²) in [5.74, 6) is 0.680. The molecular weight excluding hydrogens is 370 g/mol. The first-order valence-corrected chi connectivity index (χ1v) is 8.24. The summed E-state index contributed by atoms with van der Waals surface area (Å²) >= 11 is 3.32. The molecule has 7 heteroatoms. The Labute approximate surface area is 145 Å². The SMILES string of the molecule is CCNCC1CCN(C(=O)Cn2cc(Br)ccc2=O)CC1.Cl. The van der Waals surface area contributed by atoms with Crippen molar-refractivity contribution in [3.8, 4) is 0 Å². The van der Waals surface area contributed by atoms with E-state index in [4.69, 9.17) is 0 Å². The minimum atomic E-state index is -0.145. The van der Waals surface area contributed by atoms with Crippen LogP contribution in [-0.4, -0.2) is 41.6 Å². The van der Waals surface area contributed by atoms with E-state index in [1.165, 1.54) is 10.6 Å². The molecule has 2 heterocycles. The molecule has 1 amide bonds. The minimum absolute atomic E-state index is 0. The molecule has 1 N–H and O–H groups in total. The Hall–Kier alpha value is -0.850. The third-order valence-corrected chi connectivity index (χ3v) is 4.37. The predicted molar refractivity (Wildman–Crippen MR) is 93.5 cm³/mol. The number of pyridine rings is 1. The molecule has 0 unspecified atom stereocenters. The second-order valence-electron chi connectivity index (χ2n) is 5.45. The average Bonchev–Trinajstić information content (AvgIpc) is 2.49. The molecule has 1 aromatic heterocycles. The maximum Gasteiger partial charge on any atom is 0.251 e. The molecule has 22 heavy (non-hydrogen) atoms. The summed E-state index contributed by atoms with van der Waals surface area (Å²) in [5.41, 5.74) is -0.145. The molecule has 0 saturated carbocycles. The van der Waals surface area contributed by atoms with Gasteiger partial charge in [-0.15, -0.1) is 12.4 Å². The number of halogens is 2. The summed E-state index contributed by atoms with van der Waals surface area (Å²) in [5, 5.41) is 3.36. The Bertz CT molecular complexity index is 542. The number of aromatic nitrogens is 1. The number of carbonyl (C=O) groups excluding carboxylic acids is 1. The summed E-state index contributed by atoms with van der Waals surface area (Å²) in [6, 6.07) is 3.16. The van der Waals surface area contributed by atoms with Crippen LogP contribution in [0.25, 0.3) is 0 Å². The van der Waals surface area contributed by atoms with E-state index in [2.05, 4.69) is 28.2 Å². The van der Waals surface area contributed by atoms with Crippen molar-refractivity contribution < 1.29 is 4.79 Å². The van der Waals surface area contributed by atoms with Gasteiger partial charge in [0, 0.05) is 29.8 Å². The minimum Gasteiger partial charge on any atom is -0.341 e. The normalized spacial score (nSPS) is 15.5. The molecule has 0 bridgehead atoms. The number of carbonyl (C=O) groups is 1. The molecule has 124 valence electrons. The molecule has 0 aliphatic carbocycles. The summed E-state index contributed by atoms with van der Waals surface area (Å²) in [7, 11) is 0. The zero-order valence-corrected chi connectivity index (χ0v) is 15.2. The first kappa shape index (κ1) is 19.2. The summed E-state index contributed by atoms with van der Waals surface area (Å²) in [6.45, 7) is 5.83. The fourth-order valence-corrected chi connectivity index (χ4v) is 2.99. The highest BCUT2D eigenvalue weighted by atomic mass is 79.9. The van der Waals surface area contributed by atoms with Gasteiger partial charge in [0.1, 0.15) is 6.54 Å². The Morgan fingerprint density at radius 2 is 2.05 bits per heavy atom. The summed E-state index contributed by atoms with van der Waals surface area (Å²) in [6.07, 6.45) is 3.73. The van der Waals surface area contributed by atoms with E-state index in [9.17, 15) is 9.59 Å². The third kappa shape index (κ3) is 5.41. The van der Waals surface area contributed by atoms with Gasteiger partial charge < -0.3 is 14.8 Å². The molecule has 1 aliphatic heterocycles. The van der Waals surface area contributed by atoms with Crippen LogP contribution in [0.1, 0.15) is 19.8 Å². The molecule has 1 saturated heterocycles. The van der Waals surface area contributed by atoms with Gasteiger partial charge >= 0.3 is 0 Å². The van der Waals surface area contributed by atoms with Gasteiger partial charge in [-0.3, -0.25) is 9.59 Å². The van der Waals surface area contributed by atoms with E-state index in [0.29, 0.717) is 5.92 Å². The molecule has 0 spiro atoms. The number of amides is 1. The van der Waals surface area contributed by atoms with Crippen LogP contribution in [0.2, 0.25) is 0 Å². The van der Waals surface area contributed by atoms with Crippen molar-refractivity contribution in [1.82, 2.24) is 14.8 Å². The number of nitrogens with one attached hydrogen (secondary N) is 1. The lowest BCUT2D eigenvalue weighted by atomic mass is 9.97. The molecule has 1 aliphatic rings. The van der Waals surface area contributed by atoms with Crippen LogP contribution in [0.3, 0.4) is 0 Å². The van der Waals surface area contributed by atoms with Crippen molar-refractivity contribution in [3.05, 3.63) is 33.2 Å². The topological polar surface area (TPSA) is 54.3 Å². The van der Waals surface area contributed by atoms with E-state index >= 15 is 0 Å². The number of hydrogen-bond donors (Lipinski definition) is 1. The fraction of sp³-hybridized carbons (Fsp3) is 0.600.